The van der Waals surface area contributed by atoms with E-state index < -0.39 is 6.10 Å². The molecule has 1 amide bonds. The van der Waals surface area contributed by atoms with Crippen molar-refractivity contribution in [1.82, 2.24) is 20.5 Å². The third-order valence-electron chi connectivity index (χ3n) is 6.06. The number of hydrogen-bond acceptors (Lipinski definition) is 8. The van der Waals surface area contributed by atoms with Gasteiger partial charge in [-0.15, -0.1) is 21.5 Å². The summed E-state index contributed by atoms with van der Waals surface area (Å²) in [5, 5.41) is 22.7. The minimum absolute atomic E-state index is 0.219. The average Bonchev–Trinajstić information content (AvgIpc) is 3.57. The average molecular weight is 555 g/mol. The van der Waals surface area contributed by atoms with E-state index in [0.29, 0.717) is 17.2 Å². The molecular formula is C28H31FN4O3S2. The number of aliphatic hydroxyl groups excluding tert-OH is 1. The summed E-state index contributed by atoms with van der Waals surface area (Å²) in [6, 6.07) is 13.7. The van der Waals surface area contributed by atoms with E-state index in [9.17, 15) is 14.3 Å². The molecule has 2 N–H and O–H groups in total. The number of nitrogens with one attached hydrogen (secondary N) is 1. The summed E-state index contributed by atoms with van der Waals surface area (Å²) in [5.41, 5.74) is 4.64. The van der Waals surface area contributed by atoms with Gasteiger partial charge in [-0.25, -0.2) is 9.37 Å². The lowest BCUT2D eigenvalue weighted by molar-refractivity contribution is -0.129. The third kappa shape index (κ3) is 8.41. The minimum atomic E-state index is -1.02. The number of nitrogens with zero attached hydrogens (tertiary/aromatic N) is 3. The van der Waals surface area contributed by atoms with Gasteiger partial charge in [-0.05, 0) is 68.1 Å². The van der Waals surface area contributed by atoms with E-state index in [1.165, 1.54) is 28.3 Å². The monoisotopic (exact) mass is 554 g/mol. The molecule has 0 aliphatic heterocycles. The van der Waals surface area contributed by atoms with Gasteiger partial charge < -0.3 is 15.2 Å². The van der Waals surface area contributed by atoms with Crippen LogP contribution in [0, 0.1) is 12.7 Å². The topological polar surface area (TPSA) is 97.2 Å². The zero-order chi connectivity index (χ0) is 26.7. The van der Waals surface area contributed by atoms with E-state index in [2.05, 4.69) is 20.5 Å². The van der Waals surface area contributed by atoms with Crippen molar-refractivity contribution in [2.45, 2.75) is 64.7 Å². The Bertz CT molecular complexity index is 1310. The number of aromatic nitrogens is 3. The molecule has 0 fully saturated rings. The summed E-state index contributed by atoms with van der Waals surface area (Å²) >= 11 is 3.08. The fourth-order valence-corrected chi connectivity index (χ4v) is 5.49. The molecule has 0 aliphatic carbocycles. The van der Waals surface area contributed by atoms with E-state index in [-0.39, 0.29) is 24.9 Å². The largest absolute Gasteiger partial charge is 0.489 e. The molecule has 1 atom stereocenters. The van der Waals surface area contributed by atoms with Crippen LogP contribution in [0.25, 0.3) is 10.6 Å². The van der Waals surface area contributed by atoms with E-state index in [1.54, 1.807) is 17.4 Å². The highest BCUT2D eigenvalue weighted by atomic mass is 32.1. The van der Waals surface area contributed by atoms with Gasteiger partial charge in [0, 0.05) is 10.4 Å². The molecule has 0 bridgehead atoms. The molecule has 4 aromatic rings. The first kappa shape index (κ1) is 27.8. The molecule has 0 aliphatic rings. The maximum atomic E-state index is 13.3. The first-order chi connectivity index (χ1) is 18.5. The lowest BCUT2D eigenvalue weighted by Crippen LogP contribution is -2.34. The van der Waals surface area contributed by atoms with Gasteiger partial charge in [0.25, 0.3) is 0 Å². The van der Waals surface area contributed by atoms with E-state index in [0.717, 1.165) is 53.9 Å². The van der Waals surface area contributed by atoms with Crippen LogP contribution in [-0.4, -0.2) is 32.3 Å². The zero-order valence-electron chi connectivity index (χ0n) is 21.2. The predicted molar refractivity (Wildman–Crippen MR) is 148 cm³/mol. The molecule has 1 unspecified atom stereocenters. The lowest BCUT2D eigenvalue weighted by Gasteiger charge is -2.10. The van der Waals surface area contributed by atoms with Gasteiger partial charge >= 0.3 is 0 Å². The predicted octanol–water partition coefficient (Wildman–Crippen LogP) is 5.86. The Balaban J connectivity index is 1.14. The quantitative estimate of drug-likeness (QED) is 0.190. The maximum absolute atomic E-state index is 13.3. The number of amides is 1. The number of aliphatic hydroxyl groups is 1. The van der Waals surface area contributed by atoms with Gasteiger partial charge in [-0.1, -0.05) is 42.7 Å². The summed E-state index contributed by atoms with van der Waals surface area (Å²) in [7, 11) is 0. The second-order valence-corrected chi connectivity index (χ2v) is 11.0. The molecule has 0 radical (unpaired) electrons. The number of carbonyl (C=O) groups is 1. The molecule has 2 heterocycles. The van der Waals surface area contributed by atoms with Crippen LogP contribution < -0.4 is 10.1 Å². The summed E-state index contributed by atoms with van der Waals surface area (Å²) in [6.45, 7) is 2.53. The number of hydrogen-bond donors (Lipinski definition) is 2. The van der Waals surface area contributed by atoms with E-state index in [1.807, 2.05) is 42.8 Å². The second kappa shape index (κ2) is 14.1. The van der Waals surface area contributed by atoms with Crippen molar-refractivity contribution in [2.24, 2.45) is 0 Å². The molecule has 10 heteroatoms. The molecule has 7 nitrogen and oxygen atoms in total. The number of aryl methyl sites for hydroxylation is 2. The molecule has 0 spiro atoms. The van der Waals surface area contributed by atoms with Crippen LogP contribution in [0.15, 0.2) is 54.0 Å². The van der Waals surface area contributed by atoms with Gasteiger partial charge in [-0.2, -0.15) is 0 Å². The highest BCUT2D eigenvalue weighted by Crippen LogP contribution is 2.26. The first-order valence-electron chi connectivity index (χ1n) is 12.6. The Morgan fingerprint density at radius 3 is 2.68 bits per heavy atom. The lowest BCUT2D eigenvalue weighted by atomic mass is 10.1. The molecule has 0 saturated carbocycles. The highest BCUT2D eigenvalue weighted by molar-refractivity contribution is 7.14. The fraction of sp³-hybridized carbons (Fsp3) is 0.357. The summed E-state index contributed by atoms with van der Waals surface area (Å²) in [5.74, 6) is -0.00992. The van der Waals surface area contributed by atoms with Crippen molar-refractivity contribution in [3.63, 3.8) is 0 Å². The van der Waals surface area contributed by atoms with Crippen LogP contribution in [0.2, 0.25) is 0 Å². The van der Waals surface area contributed by atoms with Gasteiger partial charge in [-0.3, -0.25) is 4.79 Å². The van der Waals surface area contributed by atoms with Crippen molar-refractivity contribution < 1.29 is 19.0 Å². The van der Waals surface area contributed by atoms with Crippen LogP contribution in [0.5, 0.6) is 5.75 Å². The van der Waals surface area contributed by atoms with Crippen molar-refractivity contribution in [3.8, 4) is 16.3 Å². The highest BCUT2D eigenvalue weighted by Gasteiger charge is 2.15. The summed E-state index contributed by atoms with van der Waals surface area (Å²) in [4.78, 5) is 17.9. The minimum Gasteiger partial charge on any atom is -0.489 e. The van der Waals surface area contributed by atoms with Gasteiger partial charge in [0.2, 0.25) is 5.91 Å². The van der Waals surface area contributed by atoms with Crippen LogP contribution in [0.1, 0.15) is 53.2 Å². The number of carbonyl (C=O) groups excluding carboxylic acids is 1. The van der Waals surface area contributed by atoms with Crippen molar-refractivity contribution in [3.05, 3.63) is 81.0 Å². The van der Waals surface area contributed by atoms with Gasteiger partial charge in [0.15, 0.2) is 0 Å². The molecular weight excluding hydrogens is 523 g/mol. The molecule has 38 heavy (non-hydrogen) atoms. The SMILES string of the molecule is Cc1ncsc1CCCCCCC(O)C(=O)NCc1nnc(-c2ccc(OCc3cccc(F)c3)cc2)s1. The smallest absolute Gasteiger partial charge is 0.249 e. The Hall–Kier alpha value is -3.21. The van der Waals surface area contributed by atoms with Gasteiger partial charge in [0.1, 0.15) is 34.3 Å². The van der Waals surface area contributed by atoms with Crippen LogP contribution in [0.3, 0.4) is 0 Å². The van der Waals surface area contributed by atoms with Crippen molar-refractivity contribution >= 4 is 28.6 Å². The number of unbranched alkanes of at least 4 members (excludes halogenated alkanes) is 3. The Morgan fingerprint density at radius 1 is 1.11 bits per heavy atom. The molecule has 2 aromatic carbocycles. The fourth-order valence-electron chi connectivity index (χ4n) is 3.88. The molecule has 2 aromatic heterocycles. The maximum Gasteiger partial charge on any atom is 0.249 e. The first-order valence-corrected chi connectivity index (χ1v) is 14.3. The second-order valence-electron chi connectivity index (χ2n) is 8.99. The number of ether oxygens (including phenoxy) is 1. The standard InChI is InChI=1S/C28H31FN4O3S2/c1-19-25(37-18-31-19)10-5-3-2-4-9-24(34)27(35)30-16-26-32-33-28(38-26)21-11-13-23(14-12-21)36-17-20-7-6-8-22(29)15-20/h6-8,11-15,18,24,34H,2-5,9-10,16-17H2,1H3,(H,30,35). The zero-order valence-corrected chi connectivity index (χ0v) is 22.9. The Kier molecular flexibility index (Phi) is 10.3. The van der Waals surface area contributed by atoms with E-state index >= 15 is 0 Å². The number of halogens is 1. The number of thiazole rings is 1. The van der Waals surface area contributed by atoms with Crippen LogP contribution in [-0.2, 0) is 24.4 Å². The van der Waals surface area contributed by atoms with Crippen LogP contribution >= 0.6 is 22.7 Å². The Labute approximate surface area is 229 Å². The van der Waals surface area contributed by atoms with Crippen LogP contribution in [0.4, 0.5) is 4.39 Å². The normalized spacial score (nSPS) is 11.9. The van der Waals surface area contributed by atoms with Crippen molar-refractivity contribution in [1.29, 1.82) is 0 Å². The number of rotatable bonds is 14. The summed E-state index contributed by atoms with van der Waals surface area (Å²) in [6.07, 6.45) is 4.41. The van der Waals surface area contributed by atoms with Crippen molar-refractivity contribution in [2.75, 3.05) is 0 Å². The molecule has 4 rings (SSSR count). The summed E-state index contributed by atoms with van der Waals surface area (Å²) < 4.78 is 19.0. The van der Waals surface area contributed by atoms with Gasteiger partial charge in [0.05, 0.1) is 17.7 Å². The molecule has 0 saturated heterocycles. The molecule has 200 valence electrons. The van der Waals surface area contributed by atoms with E-state index in [4.69, 9.17) is 4.74 Å². The third-order valence-corrected chi connectivity index (χ3v) is 8.02. The number of benzene rings is 2. The Morgan fingerprint density at radius 2 is 1.92 bits per heavy atom.